The average molecular weight is 506 g/mol. The number of rotatable bonds is 11. The Kier molecular flexibility index (Phi) is 7.99. The first-order valence-electron chi connectivity index (χ1n) is 12.8. The first-order valence-corrected chi connectivity index (χ1v) is 12.8. The smallest absolute Gasteiger partial charge is 0.224 e. The molecule has 1 N–H and O–H groups in total. The van der Waals surface area contributed by atoms with Crippen LogP contribution >= 0.6 is 0 Å². The first kappa shape index (κ1) is 25.1. The van der Waals surface area contributed by atoms with Gasteiger partial charge in [-0.2, -0.15) is 0 Å². The minimum atomic E-state index is -0.0302. The van der Waals surface area contributed by atoms with Gasteiger partial charge in [0, 0.05) is 12.6 Å². The summed E-state index contributed by atoms with van der Waals surface area (Å²) in [5, 5.41) is 3.06. The largest absolute Gasteiger partial charge is 0.497 e. The second-order valence-corrected chi connectivity index (χ2v) is 9.07. The Bertz CT molecular complexity index is 1490. The Hall–Kier alpha value is -4.58. The van der Waals surface area contributed by atoms with Gasteiger partial charge < -0.3 is 19.4 Å². The number of fused-ring (bicyclic) bond motifs is 1. The number of benzene rings is 4. The molecule has 6 heteroatoms. The molecular weight excluding hydrogens is 474 g/mol. The van der Waals surface area contributed by atoms with Crippen LogP contribution in [-0.2, 0) is 24.3 Å². The van der Waals surface area contributed by atoms with E-state index < -0.39 is 0 Å². The van der Waals surface area contributed by atoms with E-state index in [1.54, 1.807) is 7.11 Å². The fourth-order valence-corrected chi connectivity index (χ4v) is 4.48. The number of carbonyl (C=O) groups excluding carboxylic acids is 1. The minimum Gasteiger partial charge on any atom is -0.497 e. The molecule has 0 atom stereocenters. The standard InChI is InChI=1S/C32H31N3O3/c1-37-27-11-7-12-28(22-27)38-20-8-19-35-30-14-6-5-13-29(30)34-31(35)23-33-32(36)21-24-15-17-26(18-16-24)25-9-3-2-4-10-25/h2-7,9-18,22H,8,19-21,23H2,1H3,(H,33,36). The van der Waals surface area contributed by atoms with Crippen molar-refractivity contribution in [3.05, 3.63) is 115 Å². The number of hydrogen-bond donors (Lipinski definition) is 1. The van der Waals surface area contributed by atoms with Crippen molar-refractivity contribution in [2.75, 3.05) is 13.7 Å². The quantitative estimate of drug-likeness (QED) is 0.222. The second kappa shape index (κ2) is 12.1. The molecule has 5 aromatic rings. The SMILES string of the molecule is COc1cccc(OCCCn2c(CNC(=O)Cc3ccc(-c4ccccc4)cc3)nc3ccccc32)c1. The van der Waals surface area contributed by atoms with Crippen LogP contribution in [0.5, 0.6) is 11.5 Å². The fraction of sp³-hybridized carbons (Fsp3) is 0.188. The number of nitrogens with one attached hydrogen (secondary N) is 1. The summed E-state index contributed by atoms with van der Waals surface area (Å²) in [4.78, 5) is 17.5. The molecule has 1 amide bonds. The zero-order chi connectivity index (χ0) is 26.2. The van der Waals surface area contributed by atoms with E-state index in [4.69, 9.17) is 14.5 Å². The zero-order valence-electron chi connectivity index (χ0n) is 21.5. The lowest BCUT2D eigenvalue weighted by Gasteiger charge is -2.12. The zero-order valence-corrected chi connectivity index (χ0v) is 21.5. The van der Waals surface area contributed by atoms with Crippen molar-refractivity contribution in [2.24, 2.45) is 0 Å². The van der Waals surface area contributed by atoms with Crippen LogP contribution in [0, 0.1) is 0 Å². The van der Waals surface area contributed by atoms with Crippen LogP contribution in [0.1, 0.15) is 17.8 Å². The lowest BCUT2D eigenvalue weighted by Crippen LogP contribution is -2.26. The van der Waals surface area contributed by atoms with E-state index >= 15 is 0 Å². The monoisotopic (exact) mass is 505 g/mol. The number of para-hydroxylation sites is 2. The molecule has 0 spiro atoms. The first-order chi connectivity index (χ1) is 18.7. The maximum absolute atomic E-state index is 12.8. The van der Waals surface area contributed by atoms with Crippen molar-refractivity contribution in [1.82, 2.24) is 14.9 Å². The third-order valence-corrected chi connectivity index (χ3v) is 6.44. The summed E-state index contributed by atoms with van der Waals surface area (Å²) >= 11 is 0. The molecule has 192 valence electrons. The summed E-state index contributed by atoms with van der Waals surface area (Å²) < 4.78 is 13.3. The van der Waals surface area contributed by atoms with E-state index in [2.05, 4.69) is 40.2 Å². The van der Waals surface area contributed by atoms with Gasteiger partial charge in [-0.3, -0.25) is 4.79 Å². The Morgan fingerprint density at radius 1 is 0.842 bits per heavy atom. The number of hydrogen-bond acceptors (Lipinski definition) is 4. The third-order valence-electron chi connectivity index (χ3n) is 6.44. The topological polar surface area (TPSA) is 65.4 Å². The number of methoxy groups -OCH3 is 1. The van der Waals surface area contributed by atoms with Gasteiger partial charge in [0.25, 0.3) is 0 Å². The predicted molar refractivity (Wildman–Crippen MR) is 150 cm³/mol. The van der Waals surface area contributed by atoms with Crippen LogP contribution in [0.2, 0.25) is 0 Å². The Labute approximate surface area is 222 Å². The molecule has 5 rings (SSSR count). The van der Waals surface area contributed by atoms with Crippen molar-refractivity contribution in [3.8, 4) is 22.6 Å². The third kappa shape index (κ3) is 6.21. The highest BCUT2D eigenvalue weighted by atomic mass is 16.5. The van der Waals surface area contributed by atoms with Crippen LogP contribution in [0.15, 0.2) is 103 Å². The van der Waals surface area contributed by atoms with Gasteiger partial charge in [0.05, 0.1) is 37.7 Å². The molecule has 0 saturated carbocycles. The van der Waals surface area contributed by atoms with Gasteiger partial charge in [-0.25, -0.2) is 4.98 Å². The molecular formula is C32H31N3O3. The fourth-order valence-electron chi connectivity index (χ4n) is 4.48. The Morgan fingerprint density at radius 2 is 1.58 bits per heavy atom. The number of carbonyl (C=O) groups is 1. The number of amides is 1. The van der Waals surface area contributed by atoms with Crippen LogP contribution < -0.4 is 14.8 Å². The molecule has 0 saturated heterocycles. The summed E-state index contributed by atoms with van der Waals surface area (Å²) in [5.41, 5.74) is 5.25. The lowest BCUT2D eigenvalue weighted by molar-refractivity contribution is -0.120. The van der Waals surface area contributed by atoms with Crippen molar-refractivity contribution < 1.29 is 14.3 Å². The van der Waals surface area contributed by atoms with E-state index in [9.17, 15) is 4.79 Å². The molecule has 6 nitrogen and oxygen atoms in total. The van der Waals surface area contributed by atoms with E-state index in [1.165, 1.54) is 0 Å². The summed E-state index contributed by atoms with van der Waals surface area (Å²) in [6, 6.07) is 34.0. The summed E-state index contributed by atoms with van der Waals surface area (Å²) in [7, 11) is 1.64. The molecule has 1 heterocycles. The summed E-state index contributed by atoms with van der Waals surface area (Å²) in [6.45, 7) is 1.66. The number of imidazole rings is 1. The molecule has 0 unspecified atom stereocenters. The molecule has 0 aliphatic heterocycles. The van der Waals surface area contributed by atoms with Gasteiger partial charge in [-0.05, 0) is 47.4 Å². The molecule has 38 heavy (non-hydrogen) atoms. The van der Waals surface area contributed by atoms with E-state index in [1.807, 2.05) is 72.8 Å². The summed E-state index contributed by atoms with van der Waals surface area (Å²) in [6.07, 6.45) is 1.12. The molecule has 0 aliphatic carbocycles. The normalized spacial score (nSPS) is 10.9. The van der Waals surface area contributed by atoms with Gasteiger partial charge in [0.2, 0.25) is 5.91 Å². The van der Waals surface area contributed by atoms with Crippen molar-refractivity contribution in [2.45, 2.75) is 25.9 Å². The maximum Gasteiger partial charge on any atom is 0.224 e. The summed E-state index contributed by atoms with van der Waals surface area (Å²) in [5.74, 6) is 2.36. The Morgan fingerprint density at radius 3 is 2.39 bits per heavy atom. The number of nitrogens with zero attached hydrogens (tertiary/aromatic N) is 2. The van der Waals surface area contributed by atoms with Gasteiger partial charge in [-0.1, -0.05) is 72.8 Å². The highest BCUT2D eigenvalue weighted by Crippen LogP contribution is 2.21. The van der Waals surface area contributed by atoms with Gasteiger partial charge in [0.15, 0.2) is 0 Å². The van der Waals surface area contributed by atoms with Crippen molar-refractivity contribution >= 4 is 16.9 Å². The van der Waals surface area contributed by atoms with Crippen LogP contribution in [0.3, 0.4) is 0 Å². The molecule has 0 fully saturated rings. The van der Waals surface area contributed by atoms with Crippen LogP contribution in [-0.4, -0.2) is 29.2 Å². The average Bonchev–Trinajstić information content (AvgIpc) is 3.32. The van der Waals surface area contributed by atoms with Crippen LogP contribution in [0.25, 0.3) is 22.2 Å². The van der Waals surface area contributed by atoms with E-state index in [-0.39, 0.29) is 5.91 Å². The predicted octanol–water partition coefficient (Wildman–Crippen LogP) is 6.04. The molecule has 0 bridgehead atoms. The molecule has 1 aromatic heterocycles. The Balaban J connectivity index is 1.18. The molecule has 0 radical (unpaired) electrons. The molecule has 4 aromatic carbocycles. The van der Waals surface area contributed by atoms with Gasteiger partial charge in [0.1, 0.15) is 17.3 Å². The number of aryl methyl sites for hydroxylation is 1. The van der Waals surface area contributed by atoms with Crippen LogP contribution in [0.4, 0.5) is 0 Å². The number of ether oxygens (including phenoxy) is 2. The van der Waals surface area contributed by atoms with E-state index in [0.717, 1.165) is 58.0 Å². The van der Waals surface area contributed by atoms with Gasteiger partial charge >= 0.3 is 0 Å². The highest BCUT2D eigenvalue weighted by Gasteiger charge is 2.12. The molecule has 0 aliphatic rings. The highest BCUT2D eigenvalue weighted by molar-refractivity contribution is 5.79. The lowest BCUT2D eigenvalue weighted by atomic mass is 10.0. The number of aromatic nitrogens is 2. The van der Waals surface area contributed by atoms with Gasteiger partial charge in [-0.15, -0.1) is 0 Å². The van der Waals surface area contributed by atoms with E-state index in [0.29, 0.717) is 19.6 Å². The minimum absolute atomic E-state index is 0.0302. The van der Waals surface area contributed by atoms with Crippen molar-refractivity contribution in [1.29, 1.82) is 0 Å². The second-order valence-electron chi connectivity index (χ2n) is 9.07. The van der Waals surface area contributed by atoms with Crippen molar-refractivity contribution in [3.63, 3.8) is 0 Å². The maximum atomic E-state index is 12.8.